The molecule has 0 unspecified atom stereocenters. The van der Waals surface area contributed by atoms with E-state index in [2.05, 4.69) is 24.1 Å². The molecule has 0 aliphatic rings. The summed E-state index contributed by atoms with van der Waals surface area (Å²) in [4.78, 5) is 17.7. The van der Waals surface area contributed by atoms with Gasteiger partial charge in [0.1, 0.15) is 18.1 Å². The second-order valence-electron chi connectivity index (χ2n) is 10.8. The molecular weight excluding hydrogens is 624 g/mol. The Kier molecular flexibility index (Phi) is 13.7. The third kappa shape index (κ3) is 10.9. The molecule has 1 heterocycles. The van der Waals surface area contributed by atoms with Crippen molar-refractivity contribution < 1.29 is 32.0 Å². The third-order valence-corrected chi connectivity index (χ3v) is 8.57. The monoisotopic (exact) mass is 665 g/mol. The molecule has 0 aliphatic carbocycles. The van der Waals surface area contributed by atoms with E-state index in [1.165, 1.54) is 18.2 Å². The minimum absolute atomic E-state index is 0.0572. The molecule has 0 spiro atoms. The van der Waals surface area contributed by atoms with Gasteiger partial charge in [-0.1, -0.05) is 38.5 Å². The fraction of sp³-hybridized carbons (Fsp3) is 0.333. The van der Waals surface area contributed by atoms with Crippen LogP contribution in [0.1, 0.15) is 50.1 Å². The van der Waals surface area contributed by atoms with Crippen molar-refractivity contribution in [3.05, 3.63) is 96.1 Å². The van der Waals surface area contributed by atoms with Crippen molar-refractivity contribution >= 4 is 28.5 Å². The maximum absolute atomic E-state index is 13.1. The minimum Gasteiger partial charge on any atom is -0.491 e. The van der Waals surface area contributed by atoms with Crippen molar-refractivity contribution in [3.63, 3.8) is 0 Å². The molecule has 0 saturated carbocycles. The molecule has 1 aromatic heterocycles. The zero-order chi connectivity index (χ0) is 33.6. The van der Waals surface area contributed by atoms with Crippen molar-refractivity contribution in [1.82, 2.24) is 9.55 Å². The van der Waals surface area contributed by atoms with Gasteiger partial charge in [0, 0.05) is 35.4 Å². The Morgan fingerprint density at radius 1 is 0.979 bits per heavy atom. The van der Waals surface area contributed by atoms with Gasteiger partial charge in [-0.15, -0.1) is 0 Å². The molecule has 47 heavy (non-hydrogen) atoms. The van der Waals surface area contributed by atoms with Gasteiger partial charge in [-0.3, -0.25) is 9.00 Å². The SMILES string of the molecule is CCCCOCCOc1ccc(-c2ccc(OC(F)F)c(/C=C/C(=O)Nc3ccc([S@@](=O)Cc4c(C)ncn4CCC)cc3)c2)cc1. The van der Waals surface area contributed by atoms with Gasteiger partial charge in [0.25, 0.3) is 0 Å². The number of alkyl halides is 2. The van der Waals surface area contributed by atoms with E-state index >= 15 is 0 Å². The number of nitrogens with zero attached hydrogens (tertiary/aromatic N) is 2. The van der Waals surface area contributed by atoms with E-state index in [1.807, 2.05) is 35.8 Å². The van der Waals surface area contributed by atoms with E-state index in [-0.39, 0.29) is 5.75 Å². The summed E-state index contributed by atoms with van der Waals surface area (Å²) < 4.78 is 57.3. The first-order valence-corrected chi connectivity index (χ1v) is 17.0. The van der Waals surface area contributed by atoms with E-state index in [0.717, 1.165) is 48.3 Å². The number of hydrogen-bond donors (Lipinski definition) is 1. The number of halogens is 2. The molecule has 4 rings (SSSR count). The summed E-state index contributed by atoms with van der Waals surface area (Å²) in [5.41, 5.74) is 4.19. The summed E-state index contributed by atoms with van der Waals surface area (Å²) in [6.07, 6.45) is 7.50. The number of aromatic nitrogens is 2. The number of unbranched alkanes of at least 4 members (excludes halogenated alkanes) is 1. The van der Waals surface area contributed by atoms with E-state index in [0.29, 0.717) is 47.5 Å². The number of benzene rings is 3. The Hall–Kier alpha value is -4.35. The normalized spacial score (nSPS) is 12.0. The molecule has 250 valence electrons. The maximum atomic E-state index is 13.1. The number of nitrogens with one attached hydrogen (secondary N) is 1. The van der Waals surface area contributed by atoms with Crippen LogP contribution in [0.4, 0.5) is 14.5 Å². The average Bonchev–Trinajstić information content (AvgIpc) is 3.40. The van der Waals surface area contributed by atoms with Crippen molar-refractivity contribution in [3.8, 4) is 22.6 Å². The molecule has 1 amide bonds. The molecule has 3 aromatic carbocycles. The summed E-state index contributed by atoms with van der Waals surface area (Å²) in [6.45, 7) is 5.55. The fourth-order valence-corrected chi connectivity index (χ4v) is 5.98. The Morgan fingerprint density at radius 2 is 1.72 bits per heavy atom. The van der Waals surface area contributed by atoms with Crippen LogP contribution in [0.2, 0.25) is 0 Å². The van der Waals surface area contributed by atoms with Crippen LogP contribution in [0.3, 0.4) is 0 Å². The van der Waals surface area contributed by atoms with Gasteiger partial charge in [0.15, 0.2) is 0 Å². The highest BCUT2D eigenvalue weighted by atomic mass is 32.2. The Morgan fingerprint density at radius 3 is 2.43 bits per heavy atom. The standard InChI is InChI=1S/C36H41F2N3O5S/c1-4-6-20-44-21-22-45-31-13-7-27(8-14-31)28-9-17-34(46-36(37)38)29(23-28)10-18-35(42)40-30-11-15-32(16-12-30)47(43)24-33-26(3)39-25-41(33)19-5-2/h7-18,23,25,36H,4-6,19-22,24H2,1-3H3,(H,40,42)/b18-10+/t47-/m0/s1. The molecule has 4 aromatic rings. The van der Waals surface area contributed by atoms with Gasteiger partial charge in [-0.2, -0.15) is 8.78 Å². The number of imidazole rings is 1. The Bertz CT molecular complexity index is 1640. The summed E-state index contributed by atoms with van der Waals surface area (Å²) in [6, 6.07) is 19.0. The van der Waals surface area contributed by atoms with Crippen LogP contribution in [0.15, 0.2) is 84.0 Å². The minimum atomic E-state index is -3.02. The van der Waals surface area contributed by atoms with Gasteiger partial charge in [-0.25, -0.2) is 4.98 Å². The number of amides is 1. The highest BCUT2D eigenvalue weighted by molar-refractivity contribution is 7.84. The molecule has 1 atom stereocenters. The molecule has 11 heteroatoms. The van der Waals surface area contributed by atoms with Crippen molar-refractivity contribution in [2.75, 3.05) is 25.1 Å². The number of anilines is 1. The van der Waals surface area contributed by atoms with Crippen molar-refractivity contribution in [2.24, 2.45) is 0 Å². The molecular formula is C36H41F2N3O5S. The molecule has 0 radical (unpaired) electrons. The molecule has 8 nitrogen and oxygen atoms in total. The van der Waals surface area contributed by atoms with Crippen LogP contribution < -0.4 is 14.8 Å². The first-order valence-electron chi connectivity index (χ1n) is 15.6. The lowest BCUT2D eigenvalue weighted by atomic mass is 10.0. The first-order chi connectivity index (χ1) is 22.8. The number of hydrogen-bond acceptors (Lipinski definition) is 6. The molecule has 0 bridgehead atoms. The predicted molar refractivity (Wildman–Crippen MR) is 181 cm³/mol. The van der Waals surface area contributed by atoms with Gasteiger partial charge >= 0.3 is 6.61 Å². The number of ether oxygens (including phenoxy) is 3. The van der Waals surface area contributed by atoms with Gasteiger partial charge < -0.3 is 24.1 Å². The molecule has 1 N–H and O–H groups in total. The largest absolute Gasteiger partial charge is 0.491 e. The van der Waals surface area contributed by atoms with Crippen LogP contribution in [-0.4, -0.2) is 46.1 Å². The first kappa shape index (κ1) is 35.5. The number of rotatable bonds is 18. The fourth-order valence-electron chi connectivity index (χ4n) is 4.75. The average molecular weight is 666 g/mol. The van der Waals surface area contributed by atoms with E-state index < -0.39 is 23.3 Å². The predicted octanol–water partition coefficient (Wildman–Crippen LogP) is 8.03. The summed E-state index contributed by atoms with van der Waals surface area (Å²) in [7, 11) is -1.29. The van der Waals surface area contributed by atoms with Gasteiger partial charge in [0.2, 0.25) is 5.91 Å². The summed E-state index contributed by atoms with van der Waals surface area (Å²) in [5.74, 6) is 0.510. The maximum Gasteiger partial charge on any atom is 0.387 e. The topological polar surface area (TPSA) is 91.7 Å². The Labute approximate surface area is 277 Å². The van der Waals surface area contributed by atoms with Crippen molar-refractivity contribution in [1.29, 1.82) is 0 Å². The number of carbonyl (C=O) groups excluding carboxylic acids is 1. The molecule has 0 aliphatic heterocycles. The molecule has 0 fully saturated rings. The third-order valence-electron chi connectivity index (χ3n) is 7.24. The smallest absolute Gasteiger partial charge is 0.387 e. The second-order valence-corrected chi connectivity index (χ2v) is 12.2. The van der Waals surface area contributed by atoms with Gasteiger partial charge in [0.05, 0.1) is 40.9 Å². The lowest BCUT2D eigenvalue weighted by molar-refractivity contribution is -0.111. The quantitative estimate of drug-likeness (QED) is 0.0855. The highest BCUT2D eigenvalue weighted by Gasteiger charge is 2.14. The Balaban J connectivity index is 1.39. The lowest BCUT2D eigenvalue weighted by Gasteiger charge is -2.12. The van der Waals surface area contributed by atoms with Crippen LogP contribution in [0.25, 0.3) is 17.2 Å². The van der Waals surface area contributed by atoms with Crippen LogP contribution in [-0.2, 0) is 32.6 Å². The summed E-state index contributed by atoms with van der Waals surface area (Å²) >= 11 is 0. The van der Waals surface area contributed by atoms with E-state index in [1.54, 1.807) is 42.7 Å². The van der Waals surface area contributed by atoms with Crippen molar-refractivity contribution in [2.45, 2.75) is 63.8 Å². The van der Waals surface area contributed by atoms with Crippen LogP contribution >= 0.6 is 0 Å². The van der Waals surface area contributed by atoms with Crippen LogP contribution in [0.5, 0.6) is 11.5 Å². The van der Waals surface area contributed by atoms with E-state index in [9.17, 15) is 17.8 Å². The zero-order valence-electron chi connectivity index (χ0n) is 26.9. The second kappa shape index (κ2) is 18.1. The van der Waals surface area contributed by atoms with Gasteiger partial charge in [-0.05, 0) is 85.5 Å². The molecule has 0 saturated heterocycles. The number of carbonyl (C=O) groups is 1. The summed E-state index contributed by atoms with van der Waals surface area (Å²) in [5, 5.41) is 2.75. The zero-order valence-corrected chi connectivity index (χ0v) is 27.7. The lowest BCUT2D eigenvalue weighted by Crippen LogP contribution is -2.09. The van der Waals surface area contributed by atoms with E-state index in [4.69, 9.17) is 14.2 Å². The van der Waals surface area contributed by atoms with Crippen LogP contribution in [0, 0.1) is 6.92 Å². The highest BCUT2D eigenvalue weighted by Crippen LogP contribution is 2.30. The number of aryl methyl sites for hydroxylation is 2.